The number of rotatable bonds is 6. The zero-order valence-corrected chi connectivity index (χ0v) is 32.4. The third-order valence-corrected chi connectivity index (χ3v) is 17.3. The Bertz CT molecular complexity index is 2460. The van der Waals surface area contributed by atoms with Crippen LogP contribution in [-0.4, -0.2) is 23.8 Å². The first-order valence-corrected chi connectivity index (χ1v) is 20.4. The molecule has 0 fully saturated rings. The Labute approximate surface area is 303 Å². The van der Waals surface area contributed by atoms with Crippen molar-refractivity contribution in [1.82, 2.24) is 4.90 Å². The molecule has 7 heterocycles. The monoisotopic (exact) mass is 743 g/mol. The number of thiophene rings is 6. The number of hydrogen-bond donors (Lipinski definition) is 2. The second kappa shape index (κ2) is 11.0. The number of hydrogen-bond acceptors (Lipinski definition) is 10. The molecule has 5 nitrogen and oxygen atoms in total. The normalized spacial score (nSPS) is 14.0. The topological polar surface area (TPSA) is 89.4 Å². The van der Waals surface area contributed by atoms with Crippen molar-refractivity contribution in [2.45, 2.75) is 52.6 Å². The van der Waals surface area contributed by atoms with Crippen LogP contribution in [0.1, 0.15) is 69.3 Å². The van der Waals surface area contributed by atoms with Crippen molar-refractivity contribution >= 4 is 100 Å². The lowest BCUT2D eigenvalue weighted by atomic mass is 9.99. The van der Waals surface area contributed by atoms with Crippen molar-refractivity contribution in [3.63, 3.8) is 0 Å². The average molecular weight is 744 g/mol. The highest BCUT2D eigenvalue weighted by molar-refractivity contribution is 7.32. The summed E-state index contributed by atoms with van der Waals surface area (Å²) >= 11 is 10.6. The Morgan fingerprint density at radius 1 is 0.542 bits per heavy atom. The van der Waals surface area contributed by atoms with Crippen LogP contribution < -0.4 is 11.5 Å². The van der Waals surface area contributed by atoms with E-state index in [0.29, 0.717) is 11.1 Å². The first kappa shape index (κ1) is 32.2. The molecule has 244 valence electrons. The third-order valence-electron chi connectivity index (χ3n) is 8.75. The molecule has 0 atom stereocenters. The van der Waals surface area contributed by atoms with Gasteiger partial charge in [0.1, 0.15) is 0 Å². The lowest BCUT2D eigenvalue weighted by Crippen LogP contribution is -2.27. The molecule has 0 bridgehead atoms. The largest absolute Gasteiger partial charge is 0.321 e. The molecule has 1 aliphatic rings. The molecule has 0 saturated carbocycles. The van der Waals surface area contributed by atoms with E-state index in [9.17, 15) is 9.59 Å². The van der Waals surface area contributed by atoms with Crippen LogP contribution in [0.25, 0.3) is 59.2 Å². The molecule has 1 aliphatic heterocycles. The highest BCUT2D eigenvalue weighted by atomic mass is 32.1. The molecule has 11 heteroatoms. The van der Waals surface area contributed by atoms with Crippen molar-refractivity contribution in [3.8, 4) is 39.0 Å². The predicted octanol–water partition coefficient (Wildman–Crippen LogP) is 11.3. The van der Waals surface area contributed by atoms with E-state index in [1.165, 1.54) is 50.2 Å². The molecule has 4 N–H and O–H groups in total. The van der Waals surface area contributed by atoms with E-state index in [1.54, 1.807) is 52.4 Å². The van der Waals surface area contributed by atoms with E-state index in [4.69, 9.17) is 11.5 Å². The van der Waals surface area contributed by atoms with Gasteiger partial charge < -0.3 is 11.5 Å². The van der Waals surface area contributed by atoms with Crippen LogP contribution in [0.15, 0.2) is 48.5 Å². The summed E-state index contributed by atoms with van der Waals surface area (Å²) in [5.41, 5.74) is 15.5. The summed E-state index contributed by atoms with van der Waals surface area (Å²) < 4.78 is 2.07. The van der Waals surface area contributed by atoms with Gasteiger partial charge in [-0.15, -0.1) is 68.0 Å². The van der Waals surface area contributed by atoms with Gasteiger partial charge in [-0.3, -0.25) is 14.5 Å². The van der Waals surface area contributed by atoms with Crippen molar-refractivity contribution in [1.29, 1.82) is 0 Å². The number of nitrogens with two attached hydrogens (primary N) is 2. The van der Waals surface area contributed by atoms with Gasteiger partial charge >= 0.3 is 0 Å². The fourth-order valence-corrected chi connectivity index (χ4v) is 13.5. The standard InChI is InChI=1S/C37H33N3O2S6/c1-16-12-24(25-14-18-28-29(35(42)40(7)34(28)41)19-15-27(37(5,6)39)48-33(19)32(18)46-25)45-30(16)22-10-8-20(43-22)21-9-11-23(44-21)31-17(2)13-26(47-31)36(3,4)38/h8-15H,38-39H2,1-7H3. The maximum Gasteiger partial charge on any atom is 0.261 e. The highest BCUT2D eigenvalue weighted by Crippen LogP contribution is 2.51. The zero-order chi connectivity index (χ0) is 34.0. The Morgan fingerprint density at radius 3 is 1.56 bits per heavy atom. The minimum Gasteiger partial charge on any atom is -0.321 e. The van der Waals surface area contributed by atoms with Gasteiger partial charge in [0.2, 0.25) is 0 Å². The van der Waals surface area contributed by atoms with E-state index in [2.05, 4.69) is 70.2 Å². The summed E-state index contributed by atoms with van der Waals surface area (Å²) in [4.78, 5) is 40.0. The molecule has 7 aromatic rings. The number of nitrogens with zero attached hydrogens (tertiary/aromatic N) is 1. The van der Waals surface area contributed by atoms with E-state index in [-0.39, 0.29) is 17.4 Å². The Kier molecular flexibility index (Phi) is 7.38. The molecule has 0 spiro atoms. The quantitative estimate of drug-likeness (QED) is 0.166. The minimum absolute atomic E-state index is 0.241. The summed E-state index contributed by atoms with van der Waals surface area (Å²) in [5, 5.41) is 1.68. The summed E-state index contributed by atoms with van der Waals surface area (Å²) in [6.45, 7) is 12.4. The van der Waals surface area contributed by atoms with Crippen molar-refractivity contribution in [2.24, 2.45) is 11.5 Å². The molecule has 48 heavy (non-hydrogen) atoms. The Hall–Kier alpha value is -3.00. The second-order valence-electron chi connectivity index (χ2n) is 13.6. The van der Waals surface area contributed by atoms with Gasteiger partial charge in [0.05, 0.1) is 20.5 Å². The number of carbonyl (C=O) groups is 2. The van der Waals surface area contributed by atoms with Crippen molar-refractivity contribution < 1.29 is 9.59 Å². The molecule has 0 radical (unpaired) electrons. The van der Waals surface area contributed by atoms with Gasteiger partial charge in [-0.2, -0.15) is 0 Å². The fraction of sp³-hybridized carbons (Fsp3) is 0.243. The molecule has 0 saturated heterocycles. The fourth-order valence-electron chi connectivity index (χ4n) is 6.15. The van der Waals surface area contributed by atoms with Crippen molar-refractivity contribution in [3.05, 3.63) is 80.5 Å². The SMILES string of the molecule is Cc1cc(-c2cc3c4c(c5cc(C(C)(C)N)sc5c3s2)C(=O)N(C)C4=O)sc1-c1ccc(-c2ccc(-c3sc(C(C)(C)N)cc3C)s2)s1. The lowest BCUT2D eigenvalue weighted by molar-refractivity contribution is 0.0694. The summed E-state index contributed by atoms with van der Waals surface area (Å²) in [6.07, 6.45) is 0. The van der Waals surface area contributed by atoms with Crippen LogP contribution in [0.4, 0.5) is 0 Å². The van der Waals surface area contributed by atoms with Crippen LogP contribution in [0.2, 0.25) is 0 Å². The number of fused-ring (bicyclic) bond motifs is 6. The molecule has 0 aliphatic carbocycles. The van der Waals surface area contributed by atoms with Gasteiger partial charge in [0, 0.05) is 77.7 Å². The van der Waals surface area contributed by atoms with Crippen LogP contribution >= 0.6 is 68.0 Å². The number of aryl methyl sites for hydroxylation is 2. The molecule has 8 rings (SSSR count). The van der Waals surface area contributed by atoms with Crippen molar-refractivity contribution in [2.75, 3.05) is 7.05 Å². The van der Waals surface area contributed by atoms with Crippen LogP contribution in [0.3, 0.4) is 0 Å². The Morgan fingerprint density at radius 2 is 1.00 bits per heavy atom. The minimum atomic E-state index is -0.557. The highest BCUT2D eigenvalue weighted by Gasteiger charge is 2.38. The summed E-state index contributed by atoms with van der Waals surface area (Å²) in [5.74, 6) is -0.487. The summed E-state index contributed by atoms with van der Waals surface area (Å²) in [6, 6.07) is 17.5. The third kappa shape index (κ3) is 5.01. The molecule has 2 amide bonds. The lowest BCUT2D eigenvalue weighted by Gasteiger charge is -2.15. The van der Waals surface area contributed by atoms with Gasteiger partial charge in [-0.1, -0.05) is 0 Å². The smallest absolute Gasteiger partial charge is 0.261 e. The van der Waals surface area contributed by atoms with E-state index in [0.717, 1.165) is 34.8 Å². The molecule has 0 unspecified atom stereocenters. The summed E-state index contributed by atoms with van der Waals surface area (Å²) in [7, 11) is 1.57. The number of amides is 2. The van der Waals surface area contributed by atoms with Gasteiger partial charge in [0.15, 0.2) is 0 Å². The maximum absolute atomic E-state index is 13.4. The molecular formula is C37H33N3O2S6. The van der Waals surface area contributed by atoms with Gasteiger partial charge in [-0.05, 0) is 101 Å². The van der Waals surface area contributed by atoms with Crippen LogP contribution in [-0.2, 0) is 11.1 Å². The first-order chi connectivity index (χ1) is 22.6. The number of imide groups is 1. The second-order valence-corrected chi connectivity index (χ2v) is 20.0. The van der Waals surface area contributed by atoms with E-state index in [1.807, 2.05) is 42.6 Å². The molecular weight excluding hydrogens is 711 g/mol. The number of benzene rings is 1. The van der Waals surface area contributed by atoms with Crippen LogP contribution in [0.5, 0.6) is 0 Å². The molecule has 1 aromatic carbocycles. The first-order valence-electron chi connectivity index (χ1n) is 15.5. The average Bonchev–Trinajstić information content (AvgIpc) is 3.84. The van der Waals surface area contributed by atoms with Gasteiger partial charge in [-0.25, -0.2) is 0 Å². The maximum atomic E-state index is 13.4. The Balaban J connectivity index is 1.17. The molecule has 6 aromatic heterocycles. The zero-order valence-electron chi connectivity index (χ0n) is 27.5. The van der Waals surface area contributed by atoms with Crippen LogP contribution in [0, 0.1) is 13.8 Å². The van der Waals surface area contributed by atoms with E-state index >= 15 is 0 Å². The van der Waals surface area contributed by atoms with Gasteiger partial charge in [0.25, 0.3) is 11.8 Å². The van der Waals surface area contributed by atoms with E-state index < -0.39 is 5.54 Å². The predicted molar refractivity (Wildman–Crippen MR) is 211 cm³/mol. The number of carbonyl (C=O) groups excluding carboxylic acids is 2.